The predicted molar refractivity (Wildman–Crippen MR) is 122 cm³/mol. The molecule has 2 amide bonds. The summed E-state index contributed by atoms with van der Waals surface area (Å²) >= 11 is 6.20. The van der Waals surface area contributed by atoms with Gasteiger partial charge in [0.1, 0.15) is 6.61 Å². The topological polar surface area (TPSA) is 90.3 Å². The Bertz CT molecular complexity index is 1070. The summed E-state index contributed by atoms with van der Waals surface area (Å²) < 4.78 is 5.02. The lowest BCUT2D eigenvalue weighted by Gasteiger charge is -2.28. The van der Waals surface area contributed by atoms with Crippen molar-refractivity contribution in [2.75, 3.05) is 29.6 Å². The van der Waals surface area contributed by atoms with Crippen LogP contribution in [0, 0.1) is 5.92 Å². The molecule has 1 fully saturated rings. The number of ether oxygens (including phenoxy) is 1. The van der Waals surface area contributed by atoms with Gasteiger partial charge in [0.2, 0.25) is 0 Å². The SMILES string of the molecule is C[C@H](/C=C/CCO)[C@@]1(O)C(=O)N(Cc2cccc(N3CCOC3=O)c2)c2ccc(Cl)cc21. The molecule has 0 spiro atoms. The van der Waals surface area contributed by atoms with Crippen molar-refractivity contribution >= 4 is 35.0 Å². The molecule has 2 N–H and O–H groups in total. The van der Waals surface area contributed by atoms with E-state index in [1.165, 1.54) is 0 Å². The zero-order valence-electron chi connectivity index (χ0n) is 17.7. The van der Waals surface area contributed by atoms with Crippen molar-refractivity contribution in [3.05, 3.63) is 70.8 Å². The number of fused-ring (bicyclic) bond motifs is 1. The van der Waals surface area contributed by atoms with E-state index < -0.39 is 23.5 Å². The minimum absolute atomic E-state index is 0.00889. The van der Waals surface area contributed by atoms with E-state index in [1.807, 2.05) is 24.3 Å². The summed E-state index contributed by atoms with van der Waals surface area (Å²) in [4.78, 5) is 28.5. The number of halogens is 1. The molecule has 0 unspecified atom stereocenters. The van der Waals surface area contributed by atoms with Gasteiger partial charge in [-0.05, 0) is 42.3 Å². The Morgan fingerprint density at radius 3 is 2.78 bits per heavy atom. The lowest BCUT2D eigenvalue weighted by molar-refractivity contribution is -0.139. The van der Waals surface area contributed by atoms with Crippen LogP contribution in [0.3, 0.4) is 0 Å². The van der Waals surface area contributed by atoms with Crippen LogP contribution in [0.25, 0.3) is 0 Å². The first-order chi connectivity index (χ1) is 15.4. The number of carbonyl (C=O) groups excluding carboxylic acids is 2. The Balaban J connectivity index is 1.67. The van der Waals surface area contributed by atoms with Crippen LogP contribution >= 0.6 is 11.6 Å². The quantitative estimate of drug-likeness (QED) is 0.621. The molecule has 2 aromatic rings. The first kappa shape index (κ1) is 22.3. The van der Waals surface area contributed by atoms with Crippen LogP contribution in [0.4, 0.5) is 16.2 Å². The van der Waals surface area contributed by atoms with Gasteiger partial charge in [0.05, 0.1) is 18.8 Å². The largest absolute Gasteiger partial charge is 0.447 e. The first-order valence-electron chi connectivity index (χ1n) is 10.5. The van der Waals surface area contributed by atoms with Crippen molar-refractivity contribution in [2.24, 2.45) is 5.92 Å². The van der Waals surface area contributed by atoms with E-state index in [0.29, 0.717) is 41.5 Å². The average Bonchev–Trinajstić information content (AvgIpc) is 3.30. The molecule has 4 rings (SSSR count). The number of hydrogen-bond donors (Lipinski definition) is 2. The molecule has 2 heterocycles. The number of nitrogens with zero attached hydrogens (tertiary/aromatic N) is 2. The molecule has 32 heavy (non-hydrogen) atoms. The molecule has 2 aliphatic heterocycles. The summed E-state index contributed by atoms with van der Waals surface area (Å²) in [6.45, 7) is 2.80. The van der Waals surface area contributed by atoms with E-state index in [1.54, 1.807) is 47.1 Å². The maximum absolute atomic E-state index is 13.5. The lowest BCUT2D eigenvalue weighted by atomic mass is 9.83. The highest BCUT2D eigenvalue weighted by molar-refractivity contribution is 6.31. The monoisotopic (exact) mass is 456 g/mol. The van der Waals surface area contributed by atoms with E-state index in [-0.39, 0.29) is 13.2 Å². The fourth-order valence-corrected chi connectivity index (χ4v) is 4.40. The fourth-order valence-electron chi connectivity index (χ4n) is 4.22. The molecule has 1 saturated heterocycles. The van der Waals surface area contributed by atoms with Crippen LogP contribution in [-0.4, -0.2) is 42.0 Å². The second-order valence-electron chi connectivity index (χ2n) is 7.98. The molecule has 2 atom stereocenters. The number of aliphatic hydroxyl groups excluding tert-OH is 1. The molecule has 0 radical (unpaired) electrons. The zero-order valence-corrected chi connectivity index (χ0v) is 18.5. The van der Waals surface area contributed by atoms with Crippen molar-refractivity contribution in [1.82, 2.24) is 0 Å². The molecule has 0 bridgehead atoms. The van der Waals surface area contributed by atoms with Crippen LogP contribution in [0.1, 0.15) is 24.5 Å². The lowest BCUT2D eigenvalue weighted by Crippen LogP contribution is -2.44. The van der Waals surface area contributed by atoms with Gasteiger partial charge in [0.15, 0.2) is 5.60 Å². The summed E-state index contributed by atoms with van der Waals surface area (Å²) in [6, 6.07) is 12.4. The number of aliphatic hydroxyl groups is 2. The van der Waals surface area contributed by atoms with Crippen LogP contribution in [0.5, 0.6) is 0 Å². The van der Waals surface area contributed by atoms with Crippen LogP contribution < -0.4 is 9.80 Å². The standard InChI is InChI=1S/C24H25ClN2O5/c1-16(5-2-3-11-28)24(31)20-14-18(25)8-9-21(20)27(22(24)29)15-17-6-4-7-19(13-17)26-10-12-32-23(26)30/h2,4-9,13-14,16,28,31H,3,10-12,15H2,1H3/b5-2+/t16-,24+/m1/s1. The van der Waals surface area contributed by atoms with Gasteiger partial charge in [-0.3, -0.25) is 9.69 Å². The first-order valence-corrected chi connectivity index (χ1v) is 10.9. The summed E-state index contributed by atoms with van der Waals surface area (Å²) in [5, 5.41) is 21.0. The molecular weight excluding hydrogens is 432 g/mol. The van der Waals surface area contributed by atoms with E-state index in [2.05, 4.69) is 0 Å². The van der Waals surface area contributed by atoms with Crippen molar-refractivity contribution < 1.29 is 24.5 Å². The van der Waals surface area contributed by atoms with Gasteiger partial charge in [0, 0.05) is 28.8 Å². The number of benzene rings is 2. The summed E-state index contributed by atoms with van der Waals surface area (Å²) in [5.74, 6) is -0.976. The number of hydrogen-bond acceptors (Lipinski definition) is 5. The van der Waals surface area contributed by atoms with Crippen molar-refractivity contribution in [2.45, 2.75) is 25.5 Å². The molecule has 0 aromatic heterocycles. The molecule has 2 aliphatic rings. The zero-order chi connectivity index (χ0) is 22.9. The highest BCUT2D eigenvalue weighted by atomic mass is 35.5. The summed E-state index contributed by atoms with van der Waals surface area (Å²) in [7, 11) is 0. The molecule has 0 saturated carbocycles. The number of rotatable bonds is 7. The molecule has 2 aromatic carbocycles. The second-order valence-corrected chi connectivity index (χ2v) is 8.42. The Hall–Kier alpha value is -2.87. The summed E-state index contributed by atoms with van der Waals surface area (Å²) in [6.07, 6.45) is 3.53. The van der Waals surface area contributed by atoms with E-state index in [4.69, 9.17) is 21.4 Å². The van der Waals surface area contributed by atoms with E-state index >= 15 is 0 Å². The van der Waals surface area contributed by atoms with Gasteiger partial charge < -0.3 is 19.8 Å². The average molecular weight is 457 g/mol. The van der Waals surface area contributed by atoms with E-state index in [0.717, 1.165) is 5.56 Å². The van der Waals surface area contributed by atoms with Crippen molar-refractivity contribution in [3.63, 3.8) is 0 Å². The van der Waals surface area contributed by atoms with Gasteiger partial charge in [-0.25, -0.2) is 4.79 Å². The predicted octanol–water partition coefficient (Wildman–Crippen LogP) is 3.61. The van der Waals surface area contributed by atoms with Gasteiger partial charge in [-0.2, -0.15) is 0 Å². The van der Waals surface area contributed by atoms with E-state index in [9.17, 15) is 14.7 Å². The van der Waals surface area contributed by atoms with Crippen LogP contribution in [-0.2, 0) is 21.7 Å². The van der Waals surface area contributed by atoms with Crippen molar-refractivity contribution in [3.8, 4) is 0 Å². The molecule has 168 valence electrons. The minimum atomic E-state index is -1.78. The fraction of sp³-hybridized carbons (Fsp3) is 0.333. The van der Waals surface area contributed by atoms with Crippen LogP contribution in [0.2, 0.25) is 5.02 Å². The summed E-state index contributed by atoms with van der Waals surface area (Å²) in [5.41, 5.74) is 0.779. The van der Waals surface area contributed by atoms with Gasteiger partial charge in [-0.15, -0.1) is 0 Å². The molecule has 7 nitrogen and oxygen atoms in total. The third-order valence-electron chi connectivity index (χ3n) is 5.93. The second kappa shape index (κ2) is 8.94. The number of carbonyl (C=O) groups is 2. The highest BCUT2D eigenvalue weighted by Gasteiger charge is 2.52. The minimum Gasteiger partial charge on any atom is -0.447 e. The molecule has 0 aliphatic carbocycles. The Labute approximate surface area is 191 Å². The smallest absolute Gasteiger partial charge is 0.414 e. The van der Waals surface area contributed by atoms with Crippen molar-refractivity contribution in [1.29, 1.82) is 0 Å². The third kappa shape index (κ3) is 3.88. The van der Waals surface area contributed by atoms with Gasteiger partial charge in [0.25, 0.3) is 5.91 Å². The Morgan fingerprint density at radius 1 is 1.25 bits per heavy atom. The number of anilines is 2. The van der Waals surface area contributed by atoms with Gasteiger partial charge in [-0.1, -0.05) is 42.8 Å². The Kier molecular flexibility index (Phi) is 6.24. The number of cyclic esters (lactones) is 1. The highest BCUT2D eigenvalue weighted by Crippen LogP contribution is 2.46. The Morgan fingerprint density at radius 2 is 2.06 bits per heavy atom. The maximum Gasteiger partial charge on any atom is 0.414 e. The van der Waals surface area contributed by atoms with Crippen LogP contribution in [0.15, 0.2) is 54.6 Å². The maximum atomic E-state index is 13.5. The molecule has 8 heteroatoms. The van der Waals surface area contributed by atoms with Gasteiger partial charge >= 0.3 is 6.09 Å². The third-order valence-corrected chi connectivity index (χ3v) is 6.17. The molecular formula is C24H25ClN2O5. The number of amides is 2. The normalized spacial score (nSPS) is 21.4.